The number of carbonyl (C=O) groups is 1. The third kappa shape index (κ3) is 6.31. The second-order valence-corrected chi connectivity index (χ2v) is 9.77. The molecule has 0 fully saturated rings. The molecule has 1 aromatic heterocycles. The molecular weight excluding hydrogens is 408 g/mol. The quantitative estimate of drug-likeness (QED) is 0.587. The van der Waals surface area contributed by atoms with Crippen molar-refractivity contribution in [3.05, 3.63) is 51.7 Å². The summed E-state index contributed by atoms with van der Waals surface area (Å²) in [5.74, 6) is 1.43. The van der Waals surface area contributed by atoms with Gasteiger partial charge in [0.2, 0.25) is 5.91 Å². The largest absolute Gasteiger partial charge is 0.491 e. The predicted molar refractivity (Wildman–Crippen MR) is 127 cm³/mol. The number of fused-ring (bicyclic) bond motifs is 1. The first-order chi connectivity index (χ1) is 14.9. The van der Waals surface area contributed by atoms with Crippen molar-refractivity contribution in [1.82, 2.24) is 9.80 Å². The van der Waals surface area contributed by atoms with Gasteiger partial charge in [-0.1, -0.05) is 32.9 Å². The molecule has 0 saturated heterocycles. The van der Waals surface area contributed by atoms with E-state index >= 15 is 0 Å². The summed E-state index contributed by atoms with van der Waals surface area (Å²) in [5, 5.41) is 11.9. The molecule has 1 aromatic carbocycles. The topological polar surface area (TPSA) is 53.0 Å². The minimum atomic E-state index is -0.447. The molecule has 31 heavy (non-hydrogen) atoms. The molecule has 2 atom stereocenters. The Balaban J connectivity index is 1.72. The Morgan fingerprint density at radius 2 is 2.00 bits per heavy atom. The van der Waals surface area contributed by atoms with E-state index in [4.69, 9.17) is 4.74 Å². The van der Waals surface area contributed by atoms with Crippen molar-refractivity contribution in [3.8, 4) is 5.75 Å². The molecule has 0 bridgehead atoms. The van der Waals surface area contributed by atoms with Crippen molar-refractivity contribution < 1.29 is 14.6 Å². The Morgan fingerprint density at radius 3 is 2.65 bits per heavy atom. The smallest absolute Gasteiger partial charge is 0.237 e. The minimum Gasteiger partial charge on any atom is -0.491 e. The van der Waals surface area contributed by atoms with Crippen LogP contribution >= 0.6 is 11.3 Å². The van der Waals surface area contributed by atoms with Crippen LogP contribution in [0.15, 0.2) is 35.7 Å². The average Bonchev–Trinajstić information content (AvgIpc) is 3.21. The number of carbonyl (C=O) groups excluding carboxylic acids is 1. The number of aliphatic hydroxyl groups is 1. The normalized spacial score (nSPS) is 17.1. The number of rotatable bonds is 10. The molecule has 170 valence electrons. The van der Waals surface area contributed by atoms with Crippen molar-refractivity contribution >= 4 is 17.2 Å². The van der Waals surface area contributed by atoms with Crippen molar-refractivity contribution in [1.29, 1.82) is 0 Å². The first-order valence-corrected chi connectivity index (χ1v) is 12.3. The van der Waals surface area contributed by atoms with Crippen LogP contribution in [0.25, 0.3) is 0 Å². The molecule has 1 N–H and O–H groups in total. The summed E-state index contributed by atoms with van der Waals surface area (Å²) in [4.78, 5) is 18.7. The highest BCUT2D eigenvalue weighted by Gasteiger charge is 2.32. The van der Waals surface area contributed by atoms with Gasteiger partial charge in [0.05, 0.1) is 18.7 Å². The molecule has 1 aliphatic rings. The Hall–Kier alpha value is -1.89. The van der Waals surface area contributed by atoms with Crippen LogP contribution in [-0.4, -0.2) is 59.7 Å². The van der Waals surface area contributed by atoms with Gasteiger partial charge in [-0.25, -0.2) is 0 Å². The first-order valence-electron chi connectivity index (χ1n) is 11.4. The average molecular weight is 445 g/mol. The van der Waals surface area contributed by atoms with Crippen molar-refractivity contribution in [2.75, 3.05) is 32.8 Å². The summed E-state index contributed by atoms with van der Waals surface area (Å²) in [6.45, 7) is 11.0. The molecule has 0 radical (unpaired) electrons. The lowest BCUT2D eigenvalue weighted by molar-refractivity contribution is -0.136. The second-order valence-electron chi connectivity index (χ2n) is 8.77. The third-order valence-electron chi connectivity index (χ3n) is 5.79. The van der Waals surface area contributed by atoms with Crippen LogP contribution in [-0.2, 0) is 11.2 Å². The summed E-state index contributed by atoms with van der Waals surface area (Å²) in [6, 6.07) is 10.3. The molecule has 1 amide bonds. The van der Waals surface area contributed by atoms with Gasteiger partial charge in [0.1, 0.15) is 12.4 Å². The fraction of sp³-hybridized carbons (Fsp3) is 0.560. The van der Waals surface area contributed by atoms with Crippen LogP contribution < -0.4 is 4.74 Å². The number of benzene rings is 1. The highest BCUT2D eigenvalue weighted by Crippen LogP contribution is 2.34. The van der Waals surface area contributed by atoms with Gasteiger partial charge >= 0.3 is 0 Å². The van der Waals surface area contributed by atoms with E-state index in [2.05, 4.69) is 49.3 Å². The molecule has 2 heterocycles. The van der Waals surface area contributed by atoms with E-state index < -0.39 is 6.10 Å². The monoisotopic (exact) mass is 444 g/mol. The van der Waals surface area contributed by atoms with Crippen molar-refractivity contribution in [2.45, 2.75) is 58.6 Å². The van der Waals surface area contributed by atoms with Gasteiger partial charge in [-0.2, -0.15) is 0 Å². The Morgan fingerprint density at radius 1 is 1.26 bits per heavy atom. The van der Waals surface area contributed by atoms with E-state index in [1.807, 2.05) is 17.0 Å². The molecule has 0 spiro atoms. The van der Waals surface area contributed by atoms with Crippen LogP contribution in [0.1, 0.15) is 62.1 Å². The number of amides is 1. The summed E-state index contributed by atoms with van der Waals surface area (Å²) < 4.78 is 6.16. The zero-order chi connectivity index (χ0) is 22.4. The predicted octanol–water partition coefficient (Wildman–Crippen LogP) is 4.47. The molecule has 0 unspecified atom stereocenters. The molecule has 3 rings (SSSR count). The first kappa shape index (κ1) is 23.8. The Labute approximate surface area is 190 Å². The number of nitrogens with zero attached hydrogens (tertiary/aromatic N) is 2. The maximum Gasteiger partial charge on any atom is 0.237 e. The number of aliphatic hydroxyl groups excluding tert-OH is 1. The highest BCUT2D eigenvalue weighted by atomic mass is 32.1. The van der Waals surface area contributed by atoms with Gasteiger partial charge < -0.3 is 14.7 Å². The Bertz CT molecular complexity index is 832. The van der Waals surface area contributed by atoms with Gasteiger partial charge in [-0.05, 0) is 66.9 Å². The van der Waals surface area contributed by atoms with Crippen LogP contribution in [0.4, 0.5) is 0 Å². The van der Waals surface area contributed by atoms with E-state index in [0.717, 1.165) is 25.1 Å². The number of hydrogen-bond acceptors (Lipinski definition) is 5. The van der Waals surface area contributed by atoms with Gasteiger partial charge in [-0.3, -0.25) is 9.69 Å². The van der Waals surface area contributed by atoms with Crippen LogP contribution in [0, 0.1) is 0 Å². The fourth-order valence-corrected chi connectivity index (χ4v) is 5.13. The summed E-state index contributed by atoms with van der Waals surface area (Å²) in [5.41, 5.74) is 2.50. The molecule has 0 saturated carbocycles. The maximum absolute atomic E-state index is 13.3. The van der Waals surface area contributed by atoms with Crippen LogP contribution in [0.5, 0.6) is 5.75 Å². The fourth-order valence-electron chi connectivity index (χ4n) is 4.21. The Kier molecular flexibility index (Phi) is 8.52. The van der Waals surface area contributed by atoms with E-state index in [1.165, 1.54) is 16.0 Å². The zero-order valence-corrected chi connectivity index (χ0v) is 20.0. The second kappa shape index (κ2) is 11.1. The van der Waals surface area contributed by atoms with Crippen LogP contribution in [0.3, 0.4) is 0 Å². The zero-order valence-electron chi connectivity index (χ0n) is 19.2. The van der Waals surface area contributed by atoms with E-state index in [-0.39, 0.29) is 11.9 Å². The lowest BCUT2D eigenvalue weighted by Gasteiger charge is -2.37. The highest BCUT2D eigenvalue weighted by molar-refractivity contribution is 7.10. The van der Waals surface area contributed by atoms with E-state index in [0.29, 0.717) is 32.2 Å². The molecule has 5 nitrogen and oxygen atoms in total. The number of ether oxygens (including phenoxy) is 1. The lowest BCUT2D eigenvalue weighted by Crippen LogP contribution is -2.47. The molecular formula is C25H36N2O3S. The summed E-state index contributed by atoms with van der Waals surface area (Å²) in [7, 11) is 0. The van der Waals surface area contributed by atoms with Gasteiger partial charge in [0, 0.05) is 18.0 Å². The van der Waals surface area contributed by atoms with Gasteiger partial charge in [-0.15, -0.1) is 11.3 Å². The minimum absolute atomic E-state index is 0.0812. The lowest BCUT2D eigenvalue weighted by atomic mass is 10.00. The van der Waals surface area contributed by atoms with Crippen LogP contribution in [0.2, 0.25) is 0 Å². The van der Waals surface area contributed by atoms with E-state index in [1.54, 1.807) is 18.3 Å². The number of hydrogen-bond donors (Lipinski definition) is 1. The molecule has 2 aromatic rings. The molecule has 0 aliphatic carbocycles. The number of thiophene rings is 1. The maximum atomic E-state index is 13.3. The van der Waals surface area contributed by atoms with Gasteiger partial charge in [0.15, 0.2) is 0 Å². The van der Waals surface area contributed by atoms with E-state index in [9.17, 15) is 9.90 Å². The summed E-state index contributed by atoms with van der Waals surface area (Å²) >= 11 is 1.76. The molecule has 6 heteroatoms. The van der Waals surface area contributed by atoms with Gasteiger partial charge in [0.25, 0.3) is 0 Å². The standard InChI is InChI=1S/C25H36N2O3S/c1-5-12-26(15-19(4)28)16-25(29)27-13-10-24-22(11-14-31-24)23(27)17-30-21-8-6-20(7-9-21)18(2)3/h6-9,11,14,18-19,23,28H,5,10,12-13,15-17H2,1-4H3/t19-,23+/m1/s1. The van der Waals surface area contributed by atoms with Crippen molar-refractivity contribution in [3.63, 3.8) is 0 Å². The SMILES string of the molecule is CCCN(CC(=O)N1CCc2sccc2[C@@H]1COc1ccc(C(C)C)cc1)C[C@@H](C)O. The third-order valence-corrected chi connectivity index (χ3v) is 6.79. The summed E-state index contributed by atoms with van der Waals surface area (Å²) in [6.07, 6.45) is 1.40. The van der Waals surface area contributed by atoms with Crippen molar-refractivity contribution in [2.24, 2.45) is 0 Å². The molecule has 1 aliphatic heterocycles.